The number of aromatic nitrogens is 2. The third-order valence-corrected chi connectivity index (χ3v) is 6.93. The molecular weight excluding hydrogens is 355 g/mol. The first-order valence-corrected chi connectivity index (χ1v) is 9.98. The van der Waals surface area contributed by atoms with Gasteiger partial charge in [-0.05, 0) is 38.8 Å². The fourth-order valence-electron chi connectivity index (χ4n) is 3.22. The summed E-state index contributed by atoms with van der Waals surface area (Å²) in [4.78, 5) is 0.209. The summed E-state index contributed by atoms with van der Waals surface area (Å²) in [5, 5.41) is 13.2. The molecule has 138 valence electrons. The smallest absolute Gasteiger partial charge is 0.246 e. The second kappa shape index (κ2) is 6.82. The monoisotopic (exact) mass is 376 g/mol. The van der Waals surface area contributed by atoms with E-state index in [1.165, 1.54) is 27.2 Å². The number of halogens is 1. The van der Waals surface area contributed by atoms with E-state index >= 15 is 0 Å². The Kier molecular flexibility index (Phi) is 4.86. The first-order chi connectivity index (χ1) is 12.3. The number of hydrogen-bond donors (Lipinski definition) is 0. The molecule has 8 heteroatoms. The average Bonchev–Trinajstić information content (AvgIpc) is 3.36. The Bertz CT molecular complexity index is 987. The van der Waals surface area contributed by atoms with Crippen molar-refractivity contribution in [1.29, 1.82) is 5.26 Å². The van der Waals surface area contributed by atoms with Gasteiger partial charge in [-0.15, -0.1) is 0 Å². The molecule has 1 aromatic heterocycles. The van der Waals surface area contributed by atoms with Gasteiger partial charge in [0.15, 0.2) is 0 Å². The number of hydrogen-bond acceptors (Lipinski definition) is 4. The molecule has 0 atom stereocenters. The van der Waals surface area contributed by atoms with Crippen molar-refractivity contribution < 1.29 is 12.8 Å². The Morgan fingerprint density at radius 1 is 1.38 bits per heavy atom. The molecule has 0 N–H and O–H groups in total. The molecule has 0 amide bonds. The minimum atomic E-state index is -3.63. The zero-order valence-corrected chi connectivity index (χ0v) is 15.8. The van der Waals surface area contributed by atoms with Gasteiger partial charge in [0.05, 0.1) is 29.6 Å². The third-order valence-electron chi connectivity index (χ3n) is 4.65. The van der Waals surface area contributed by atoms with Crippen LogP contribution in [0.2, 0.25) is 0 Å². The van der Waals surface area contributed by atoms with E-state index < -0.39 is 15.8 Å². The Morgan fingerprint density at radius 2 is 2.08 bits per heavy atom. The Morgan fingerprint density at radius 3 is 2.62 bits per heavy atom. The highest BCUT2D eigenvalue weighted by molar-refractivity contribution is 7.89. The second-order valence-electron chi connectivity index (χ2n) is 6.52. The van der Waals surface area contributed by atoms with Crippen LogP contribution in [0.5, 0.6) is 0 Å². The molecule has 3 rings (SSSR count). The van der Waals surface area contributed by atoms with Gasteiger partial charge in [0, 0.05) is 18.2 Å². The summed E-state index contributed by atoms with van der Waals surface area (Å²) in [6.07, 6.45) is 1.77. The standard InChI is InChI=1S/C18H21FN4O2S/c1-4-23(16-7-8-16)26(24,25)18-12(2)21-22(13(18)3)11-15-6-5-14(10-20)9-17(15)19/h5-6,9,16H,4,7-8,11H2,1-3H3. The predicted molar refractivity (Wildman–Crippen MR) is 94.5 cm³/mol. The molecule has 0 radical (unpaired) electrons. The Hall–Kier alpha value is -2.24. The van der Waals surface area contributed by atoms with Crippen molar-refractivity contribution in [2.45, 2.75) is 51.1 Å². The van der Waals surface area contributed by atoms with Crippen LogP contribution >= 0.6 is 0 Å². The van der Waals surface area contributed by atoms with Crippen molar-refractivity contribution in [1.82, 2.24) is 14.1 Å². The van der Waals surface area contributed by atoms with Crippen LogP contribution in [-0.2, 0) is 16.6 Å². The highest BCUT2D eigenvalue weighted by Crippen LogP contribution is 2.33. The zero-order chi connectivity index (χ0) is 19.1. The Balaban J connectivity index is 1.97. The number of benzene rings is 1. The topological polar surface area (TPSA) is 79.0 Å². The maximum absolute atomic E-state index is 14.2. The van der Waals surface area contributed by atoms with Gasteiger partial charge < -0.3 is 0 Å². The van der Waals surface area contributed by atoms with E-state index in [1.807, 2.05) is 13.0 Å². The summed E-state index contributed by atoms with van der Waals surface area (Å²) in [7, 11) is -3.63. The number of nitriles is 1. The summed E-state index contributed by atoms with van der Waals surface area (Å²) in [6, 6.07) is 6.20. The van der Waals surface area contributed by atoms with Crippen molar-refractivity contribution >= 4 is 10.0 Å². The van der Waals surface area contributed by atoms with Crippen LogP contribution in [0, 0.1) is 31.0 Å². The van der Waals surface area contributed by atoms with Crippen molar-refractivity contribution in [2.75, 3.05) is 6.54 Å². The average molecular weight is 376 g/mol. The van der Waals surface area contributed by atoms with Crippen molar-refractivity contribution in [3.63, 3.8) is 0 Å². The van der Waals surface area contributed by atoms with Crippen LogP contribution in [-0.4, -0.2) is 35.1 Å². The van der Waals surface area contributed by atoms with Crippen LogP contribution < -0.4 is 0 Å². The van der Waals surface area contributed by atoms with Crippen molar-refractivity contribution in [3.8, 4) is 6.07 Å². The lowest BCUT2D eigenvalue weighted by Gasteiger charge is -2.20. The molecule has 0 bridgehead atoms. The molecule has 0 saturated heterocycles. The number of nitrogens with zero attached hydrogens (tertiary/aromatic N) is 4. The SMILES string of the molecule is CCN(C1CC1)S(=O)(=O)c1c(C)nn(Cc2ccc(C#N)cc2F)c1C. The van der Waals surface area contributed by atoms with Gasteiger partial charge in [0.1, 0.15) is 10.7 Å². The maximum Gasteiger partial charge on any atom is 0.246 e. The molecule has 0 unspecified atom stereocenters. The highest BCUT2D eigenvalue weighted by Gasteiger charge is 2.39. The van der Waals surface area contributed by atoms with E-state index in [0.717, 1.165) is 12.8 Å². The largest absolute Gasteiger partial charge is 0.264 e. The lowest BCUT2D eigenvalue weighted by molar-refractivity contribution is 0.420. The summed E-state index contributed by atoms with van der Waals surface area (Å²) in [6.45, 7) is 5.70. The van der Waals surface area contributed by atoms with Crippen LogP contribution in [0.3, 0.4) is 0 Å². The Labute approximate surface area is 152 Å². The van der Waals surface area contributed by atoms with Crippen LogP contribution in [0.4, 0.5) is 4.39 Å². The fourth-order valence-corrected chi connectivity index (χ4v) is 5.29. The summed E-state index contributed by atoms with van der Waals surface area (Å²) >= 11 is 0. The summed E-state index contributed by atoms with van der Waals surface area (Å²) in [5.41, 5.74) is 1.50. The first kappa shape index (κ1) is 18.5. The molecule has 0 spiro atoms. The van der Waals surface area contributed by atoms with E-state index in [1.54, 1.807) is 13.8 Å². The number of aryl methyl sites for hydroxylation is 1. The minimum absolute atomic E-state index is 0.0723. The van der Waals surface area contributed by atoms with Crippen LogP contribution in [0.25, 0.3) is 0 Å². The second-order valence-corrected chi connectivity index (χ2v) is 8.34. The molecule has 0 aliphatic heterocycles. The van der Waals surface area contributed by atoms with E-state index in [-0.39, 0.29) is 23.0 Å². The number of rotatable bonds is 6. The molecule has 26 heavy (non-hydrogen) atoms. The minimum Gasteiger partial charge on any atom is -0.264 e. The summed E-state index contributed by atoms with van der Waals surface area (Å²) in [5.74, 6) is -0.505. The van der Waals surface area contributed by atoms with Crippen LogP contribution in [0.1, 0.15) is 42.3 Å². The van der Waals surface area contributed by atoms with Crippen molar-refractivity contribution in [2.24, 2.45) is 0 Å². The van der Waals surface area contributed by atoms with Crippen LogP contribution in [0.15, 0.2) is 23.1 Å². The normalized spacial score (nSPS) is 14.6. The maximum atomic E-state index is 14.2. The molecule has 1 heterocycles. The third kappa shape index (κ3) is 3.24. The molecule has 6 nitrogen and oxygen atoms in total. The van der Waals surface area contributed by atoms with Gasteiger partial charge in [0.2, 0.25) is 10.0 Å². The lowest BCUT2D eigenvalue weighted by atomic mass is 10.1. The molecule has 1 saturated carbocycles. The van der Waals surface area contributed by atoms with Gasteiger partial charge in [-0.1, -0.05) is 13.0 Å². The molecule has 2 aromatic rings. The zero-order valence-electron chi connectivity index (χ0n) is 15.0. The lowest BCUT2D eigenvalue weighted by Crippen LogP contribution is -2.33. The van der Waals surface area contributed by atoms with E-state index in [4.69, 9.17) is 5.26 Å². The predicted octanol–water partition coefficient (Wildman–Crippen LogP) is 2.73. The van der Waals surface area contributed by atoms with E-state index in [0.29, 0.717) is 23.5 Å². The molecule has 1 fully saturated rings. The molecular formula is C18H21FN4O2S. The number of sulfonamides is 1. The molecule has 1 aliphatic rings. The highest BCUT2D eigenvalue weighted by atomic mass is 32.2. The first-order valence-electron chi connectivity index (χ1n) is 8.54. The van der Waals surface area contributed by atoms with E-state index in [2.05, 4.69) is 5.10 Å². The summed E-state index contributed by atoms with van der Waals surface area (Å²) < 4.78 is 43.3. The molecule has 1 aliphatic carbocycles. The van der Waals surface area contributed by atoms with Gasteiger partial charge >= 0.3 is 0 Å². The van der Waals surface area contributed by atoms with Gasteiger partial charge in [-0.2, -0.15) is 14.7 Å². The van der Waals surface area contributed by atoms with Crippen molar-refractivity contribution in [3.05, 3.63) is 46.5 Å². The van der Waals surface area contributed by atoms with Gasteiger partial charge in [-0.3, -0.25) is 4.68 Å². The van der Waals surface area contributed by atoms with Gasteiger partial charge in [0.25, 0.3) is 0 Å². The quantitative estimate of drug-likeness (QED) is 0.776. The van der Waals surface area contributed by atoms with E-state index in [9.17, 15) is 12.8 Å². The fraction of sp³-hybridized carbons (Fsp3) is 0.444. The molecule has 1 aromatic carbocycles. The van der Waals surface area contributed by atoms with Gasteiger partial charge in [-0.25, -0.2) is 12.8 Å².